The summed E-state index contributed by atoms with van der Waals surface area (Å²) < 4.78 is 0.367. The monoisotopic (exact) mass is 339 g/mol. The highest BCUT2D eigenvalue weighted by molar-refractivity contribution is 9.10. The van der Waals surface area contributed by atoms with Gasteiger partial charge in [0.25, 0.3) is 5.69 Å². The van der Waals surface area contributed by atoms with E-state index in [1.165, 1.54) is 18.2 Å². The second kappa shape index (κ2) is 5.50. The summed E-state index contributed by atoms with van der Waals surface area (Å²) in [5.41, 5.74) is 0.611. The Kier molecular flexibility index (Phi) is 3.97. The number of carbonyl (C=O) groups excluding carboxylic acids is 1. The van der Waals surface area contributed by atoms with Crippen molar-refractivity contribution in [3.8, 4) is 0 Å². The van der Waals surface area contributed by atoms with E-state index in [-0.39, 0.29) is 11.5 Å². The molecule has 0 aliphatic rings. The molecule has 2 rings (SSSR count). The molecular formula is C13H7BrClNO3. The molecule has 6 heteroatoms. The van der Waals surface area contributed by atoms with Gasteiger partial charge in [-0.3, -0.25) is 14.9 Å². The van der Waals surface area contributed by atoms with Gasteiger partial charge in [-0.2, -0.15) is 0 Å². The third-order valence-electron chi connectivity index (χ3n) is 2.53. The topological polar surface area (TPSA) is 60.2 Å². The fraction of sp³-hybridized carbons (Fsp3) is 0. The molecule has 4 nitrogen and oxygen atoms in total. The summed E-state index contributed by atoms with van der Waals surface area (Å²) in [5.74, 6) is -0.285. The molecule has 0 saturated carbocycles. The summed E-state index contributed by atoms with van der Waals surface area (Å²) in [7, 11) is 0. The van der Waals surface area contributed by atoms with E-state index in [2.05, 4.69) is 15.9 Å². The first-order valence-electron chi connectivity index (χ1n) is 5.24. The van der Waals surface area contributed by atoms with Crippen LogP contribution >= 0.6 is 27.5 Å². The van der Waals surface area contributed by atoms with Crippen LogP contribution in [0.2, 0.25) is 5.02 Å². The Morgan fingerprint density at radius 2 is 1.84 bits per heavy atom. The normalized spacial score (nSPS) is 10.2. The summed E-state index contributed by atoms with van der Waals surface area (Å²) in [6.07, 6.45) is 0. The van der Waals surface area contributed by atoms with Crippen LogP contribution in [0.5, 0.6) is 0 Å². The number of nitro groups is 1. The van der Waals surface area contributed by atoms with Crippen molar-refractivity contribution in [2.45, 2.75) is 0 Å². The van der Waals surface area contributed by atoms with Crippen LogP contribution in [0.25, 0.3) is 0 Å². The Labute approximate surface area is 122 Å². The Bertz CT molecular complexity index is 673. The Balaban J connectivity index is 2.46. The van der Waals surface area contributed by atoms with Gasteiger partial charge in [0.2, 0.25) is 0 Å². The number of nitrogens with zero attached hydrogens (tertiary/aromatic N) is 1. The maximum Gasteiger partial charge on any atom is 0.270 e. The molecular weight excluding hydrogens is 334 g/mol. The van der Waals surface area contributed by atoms with E-state index in [0.29, 0.717) is 20.6 Å². The highest BCUT2D eigenvalue weighted by atomic mass is 79.9. The zero-order valence-corrected chi connectivity index (χ0v) is 11.8. The standard InChI is InChI=1S/C13H7BrClNO3/c14-11-7-8(16(18)19)5-6-9(11)13(17)10-3-1-2-4-12(10)15/h1-7H. The fourth-order valence-corrected chi connectivity index (χ4v) is 2.36. The summed E-state index contributed by atoms with van der Waals surface area (Å²) in [5, 5.41) is 11.0. The van der Waals surface area contributed by atoms with Gasteiger partial charge in [-0.1, -0.05) is 23.7 Å². The molecule has 2 aromatic carbocycles. The van der Waals surface area contributed by atoms with Gasteiger partial charge in [0, 0.05) is 27.7 Å². The largest absolute Gasteiger partial charge is 0.289 e. The van der Waals surface area contributed by atoms with Crippen LogP contribution in [-0.4, -0.2) is 10.7 Å². The van der Waals surface area contributed by atoms with Crippen molar-refractivity contribution in [2.24, 2.45) is 0 Å². The summed E-state index contributed by atoms with van der Waals surface area (Å²) in [6, 6.07) is 10.7. The van der Waals surface area contributed by atoms with E-state index in [1.54, 1.807) is 24.3 Å². The third-order valence-corrected chi connectivity index (χ3v) is 3.51. The lowest BCUT2D eigenvalue weighted by molar-refractivity contribution is -0.384. The van der Waals surface area contributed by atoms with Crippen molar-refractivity contribution in [3.63, 3.8) is 0 Å². The first-order chi connectivity index (χ1) is 9.00. The quantitative estimate of drug-likeness (QED) is 0.477. The third kappa shape index (κ3) is 2.83. The number of non-ortho nitro benzene ring substituents is 1. The predicted octanol–water partition coefficient (Wildman–Crippen LogP) is 4.24. The number of carbonyl (C=O) groups is 1. The van der Waals surface area contributed by atoms with Crippen molar-refractivity contribution < 1.29 is 9.72 Å². The molecule has 0 aliphatic carbocycles. The maximum atomic E-state index is 12.3. The van der Waals surface area contributed by atoms with E-state index in [1.807, 2.05) is 0 Å². The first-order valence-corrected chi connectivity index (χ1v) is 6.41. The number of rotatable bonds is 3. The average molecular weight is 341 g/mol. The van der Waals surface area contributed by atoms with Gasteiger partial charge in [-0.05, 0) is 34.1 Å². The number of hydrogen-bond donors (Lipinski definition) is 0. The Hall–Kier alpha value is -1.72. The minimum Gasteiger partial charge on any atom is -0.289 e. The zero-order chi connectivity index (χ0) is 14.0. The van der Waals surface area contributed by atoms with Crippen LogP contribution in [0.3, 0.4) is 0 Å². The molecule has 0 spiro atoms. The van der Waals surface area contributed by atoms with E-state index in [9.17, 15) is 14.9 Å². The minimum atomic E-state index is -0.519. The van der Waals surface area contributed by atoms with Crippen LogP contribution in [0.15, 0.2) is 46.9 Å². The molecule has 0 aromatic heterocycles. The van der Waals surface area contributed by atoms with Gasteiger partial charge < -0.3 is 0 Å². The average Bonchev–Trinajstić information content (AvgIpc) is 2.38. The van der Waals surface area contributed by atoms with E-state index >= 15 is 0 Å². The molecule has 0 amide bonds. The van der Waals surface area contributed by atoms with Crippen LogP contribution in [0.4, 0.5) is 5.69 Å². The van der Waals surface area contributed by atoms with Gasteiger partial charge in [-0.25, -0.2) is 0 Å². The van der Waals surface area contributed by atoms with E-state index in [0.717, 1.165) is 0 Å². The number of benzene rings is 2. The molecule has 19 heavy (non-hydrogen) atoms. The van der Waals surface area contributed by atoms with Crippen molar-refractivity contribution in [3.05, 3.63) is 73.2 Å². The van der Waals surface area contributed by atoms with Crippen LogP contribution < -0.4 is 0 Å². The minimum absolute atomic E-state index is 0.0809. The lowest BCUT2D eigenvalue weighted by Gasteiger charge is -2.05. The molecule has 2 aromatic rings. The number of nitro benzene ring substituents is 1. The van der Waals surface area contributed by atoms with E-state index in [4.69, 9.17) is 11.6 Å². The molecule has 0 atom stereocenters. The predicted molar refractivity (Wildman–Crippen MR) is 75.7 cm³/mol. The van der Waals surface area contributed by atoms with Crippen molar-refractivity contribution in [1.29, 1.82) is 0 Å². The molecule has 96 valence electrons. The molecule has 0 fully saturated rings. The molecule has 0 saturated heterocycles. The molecule has 0 bridgehead atoms. The number of hydrogen-bond acceptors (Lipinski definition) is 3. The zero-order valence-electron chi connectivity index (χ0n) is 9.47. The second-order valence-electron chi connectivity index (χ2n) is 3.73. The highest BCUT2D eigenvalue weighted by Crippen LogP contribution is 2.27. The summed E-state index contributed by atoms with van der Waals surface area (Å²) >= 11 is 9.13. The van der Waals surface area contributed by atoms with E-state index < -0.39 is 4.92 Å². The lowest BCUT2D eigenvalue weighted by Crippen LogP contribution is -2.03. The SMILES string of the molecule is O=C(c1ccccc1Cl)c1ccc([N+](=O)[O-])cc1Br. The Morgan fingerprint density at radius 1 is 1.16 bits per heavy atom. The Morgan fingerprint density at radius 3 is 2.42 bits per heavy atom. The molecule has 0 aliphatic heterocycles. The van der Waals surface area contributed by atoms with Gasteiger partial charge in [-0.15, -0.1) is 0 Å². The van der Waals surface area contributed by atoms with Gasteiger partial charge in [0.05, 0.1) is 9.95 Å². The van der Waals surface area contributed by atoms with Crippen molar-refractivity contribution in [2.75, 3.05) is 0 Å². The van der Waals surface area contributed by atoms with Crippen LogP contribution in [0.1, 0.15) is 15.9 Å². The molecule has 0 N–H and O–H groups in total. The smallest absolute Gasteiger partial charge is 0.270 e. The maximum absolute atomic E-state index is 12.3. The fourth-order valence-electron chi connectivity index (χ4n) is 1.59. The van der Waals surface area contributed by atoms with Crippen LogP contribution in [0, 0.1) is 10.1 Å². The van der Waals surface area contributed by atoms with Crippen molar-refractivity contribution in [1.82, 2.24) is 0 Å². The lowest BCUT2D eigenvalue weighted by atomic mass is 10.0. The first kappa shape index (κ1) is 13.7. The number of ketones is 1. The molecule has 0 radical (unpaired) electrons. The summed E-state index contributed by atoms with van der Waals surface area (Å²) in [4.78, 5) is 22.4. The molecule has 0 heterocycles. The summed E-state index contributed by atoms with van der Waals surface area (Å²) in [6.45, 7) is 0. The highest BCUT2D eigenvalue weighted by Gasteiger charge is 2.17. The van der Waals surface area contributed by atoms with Crippen LogP contribution in [-0.2, 0) is 0 Å². The second-order valence-corrected chi connectivity index (χ2v) is 4.99. The number of halogens is 2. The van der Waals surface area contributed by atoms with Crippen molar-refractivity contribution >= 4 is 39.0 Å². The van der Waals surface area contributed by atoms with Gasteiger partial charge in [0.1, 0.15) is 0 Å². The molecule has 0 unspecified atom stereocenters. The van der Waals surface area contributed by atoms with Gasteiger partial charge in [0.15, 0.2) is 5.78 Å². The van der Waals surface area contributed by atoms with Gasteiger partial charge >= 0.3 is 0 Å².